The number of esters is 2. The van der Waals surface area contributed by atoms with Crippen molar-refractivity contribution in [3.63, 3.8) is 0 Å². The van der Waals surface area contributed by atoms with Crippen molar-refractivity contribution >= 4 is 23.5 Å². The van der Waals surface area contributed by atoms with Gasteiger partial charge in [-0.2, -0.15) is 0 Å². The van der Waals surface area contributed by atoms with E-state index in [0.29, 0.717) is 5.57 Å². The van der Waals surface area contributed by atoms with E-state index >= 15 is 0 Å². The van der Waals surface area contributed by atoms with Gasteiger partial charge >= 0.3 is 11.9 Å². The number of aliphatic hydroxyl groups is 1. The van der Waals surface area contributed by atoms with E-state index in [4.69, 9.17) is 30.5 Å². The summed E-state index contributed by atoms with van der Waals surface area (Å²) in [5, 5.41) is 11.2. The van der Waals surface area contributed by atoms with Crippen LogP contribution in [-0.2, 0) is 28.5 Å². The SMILES string of the molecule is C=C1C2OC(OC(=O)CC(C)C)C3C1(O)CC(OC(C)=O)C3(CCl)O2. The number of carbonyl (C=O) groups is 2. The molecular weight excluding hydrogens is 352 g/mol. The van der Waals surface area contributed by atoms with Gasteiger partial charge in [0.05, 0.1) is 11.8 Å². The van der Waals surface area contributed by atoms with Crippen molar-refractivity contribution < 1.29 is 33.6 Å². The molecule has 0 aromatic carbocycles. The number of alkyl halides is 1. The summed E-state index contributed by atoms with van der Waals surface area (Å²) < 4.78 is 22.4. The quantitative estimate of drug-likeness (QED) is 0.443. The fourth-order valence-corrected chi connectivity index (χ4v) is 4.46. The maximum Gasteiger partial charge on any atom is 0.308 e. The first-order valence-corrected chi connectivity index (χ1v) is 8.85. The highest BCUT2D eigenvalue weighted by Gasteiger charge is 2.76. The molecule has 4 bridgehead atoms. The minimum absolute atomic E-state index is 0.0523. The van der Waals surface area contributed by atoms with E-state index in [1.165, 1.54) is 6.92 Å². The van der Waals surface area contributed by atoms with Crippen molar-refractivity contribution in [2.75, 3.05) is 5.88 Å². The Hall–Kier alpha value is -1.15. The lowest BCUT2D eigenvalue weighted by atomic mass is 9.74. The summed E-state index contributed by atoms with van der Waals surface area (Å²) in [5.74, 6) is -1.70. The second-order valence-electron chi connectivity index (χ2n) is 7.36. The Morgan fingerprint density at radius 3 is 2.68 bits per heavy atom. The van der Waals surface area contributed by atoms with Gasteiger partial charge in [0.1, 0.15) is 17.3 Å². The molecule has 25 heavy (non-hydrogen) atoms. The predicted molar refractivity (Wildman–Crippen MR) is 86.5 cm³/mol. The van der Waals surface area contributed by atoms with Crippen LogP contribution in [0.4, 0.5) is 0 Å². The summed E-state index contributed by atoms with van der Waals surface area (Å²) in [6.07, 6.45) is -2.51. The monoisotopic (exact) mass is 374 g/mol. The first-order valence-electron chi connectivity index (χ1n) is 8.31. The van der Waals surface area contributed by atoms with E-state index in [9.17, 15) is 14.7 Å². The van der Waals surface area contributed by atoms with Crippen molar-refractivity contribution in [2.45, 2.75) is 63.5 Å². The van der Waals surface area contributed by atoms with Crippen LogP contribution in [0.1, 0.15) is 33.6 Å². The molecule has 0 aromatic heterocycles. The lowest BCUT2D eigenvalue weighted by Gasteiger charge is -2.55. The summed E-state index contributed by atoms with van der Waals surface area (Å²) in [5.41, 5.74) is -2.32. The zero-order chi connectivity index (χ0) is 18.6. The van der Waals surface area contributed by atoms with Crippen LogP contribution < -0.4 is 0 Å². The van der Waals surface area contributed by atoms with Crippen LogP contribution in [0.15, 0.2) is 12.2 Å². The molecule has 1 N–H and O–H groups in total. The van der Waals surface area contributed by atoms with Gasteiger partial charge in [0.15, 0.2) is 6.29 Å². The zero-order valence-electron chi connectivity index (χ0n) is 14.5. The van der Waals surface area contributed by atoms with Gasteiger partial charge in [-0.3, -0.25) is 9.59 Å². The second-order valence-corrected chi connectivity index (χ2v) is 7.63. The molecule has 4 fully saturated rings. The first kappa shape index (κ1) is 18.6. The smallest absolute Gasteiger partial charge is 0.308 e. The molecule has 1 aliphatic carbocycles. The highest BCUT2D eigenvalue weighted by molar-refractivity contribution is 6.18. The largest absolute Gasteiger partial charge is 0.459 e. The van der Waals surface area contributed by atoms with Crippen molar-refractivity contribution in [3.05, 3.63) is 12.2 Å². The number of rotatable bonds is 5. The third-order valence-corrected chi connectivity index (χ3v) is 5.54. The van der Waals surface area contributed by atoms with E-state index in [1.807, 2.05) is 13.8 Å². The molecule has 0 amide bonds. The Labute approximate surface area is 151 Å². The maximum atomic E-state index is 12.1. The van der Waals surface area contributed by atoms with Crippen molar-refractivity contribution in [3.8, 4) is 0 Å². The summed E-state index contributed by atoms with van der Waals surface area (Å²) in [7, 11) is 0. The molecule has 4 aliphatic rings. The Bertz CT molecular complexity index is 606. The molecule has 1 saturated carbocycles. The van der Waals surface area contributed by atoms with Crippen molar-refractivity contribution in [1.82, 2.24) is 0 Å². The van der Waals surface area contributed by atoms with Gasteiger partial charge < -0.3 is 24.1 Å². The third kappa shape index (κ3) is 2.77. The Morgan fingerprint density at radius 1 is 1.44 bits per heavy atom. The van der Waals surface area contributed by atoms with Crippen LogP contribution in [0.3, 0.4) is 0 Å². The molecule has 3 aliphatic heterocycles. The minimum Gasteiger partial charge on any atom is -0.459 e. The van der Waals surface area contributed by atoms with E-state index in [1.54, 1.807) is 0 Å². The number of hydrogen-bond donors (Lipinski definition) is 1. The van der Waals surface area contributed by atoms with Gasteiger partial charge in [-0.15, -0.1) is 11.6 Å². The van der Waals surface area contributed by atoms with Gasteiger partial charge in [0, 0.05) is 25.3 Å². The Balaban J connectivity index is 1.93. The van der Waals surface area contributed by atoms with Crippen LogP contribution in [0.25, 0.3) is 0 Å². The molecule has 4 rings (SSSR count). The van der Waals surface area contributed by atoms with Crippen LogP contribution in [0, 0.1) is 11.8 Å². The zero-order valence-corrected chi connectivity index (χ0v) is 15.2. The lowest BCUT2D eigenvalue weighted by Crippen LogP contribution is -2.69. The highest BCUT2D eigenvalue weighted by Crippen LogP contribution is 2.61. The molecule has 7 nitrogen and oxygen atoms in total. The number of halogens is 1. The van der Waals surface area contributed by atoms with Crippen LogP contribution in [-0.4, -0.2) is 52.8 Å². The third-order valence-electron chi connectivity index (χ3n) is 5.12. The molecule has 8 heteroatoms. The number of carbonyl (C=O) groups excluding carboxylic acids is 2. The average Bonchev–Trinajstić information content (AvgIpc) is 2.71. The van der Waals surface area contributed by atoms with E-state index in [2.05, 4.69) is 6.58 Å². The van der Waals surface area contributed by atoms with Crippen molar-refractivity contribution in [2.24, 2.45) is 11.8 Å². The normalized spacial score (nSPS) is 41.9. The topological polar surface area (TPSA) is 91.3 Å². The number of ether oxygens (including phenoxy) is 4. The summed E-state index contributed by atoms with van der Waals surface area (Å²) in [6, 6.07) is 0. The summed E-state index contributed by atoms with van der Waals surface area (Å²) >= 11 is 6.18. The fraction of sp³-hybridized carbons (Fsp3) is 0.765. The predicted octanol–water partition coefficient (Wildman–Crippen LogP) is 1.50. The molecule has 0 spiro atoms. The van der Waals surface area contributed by atoms with Gasteiger partial charge in [0.25, 0.3) is 0 Å². The maximum absolute atomic E-state index is 12.1. The lowest BCUT2D eigenvalue weighted by molar-refractivity contribution is -0.380. The fourth-order valence-electron chi connectivity index (χ4n) is 4.06. The number of fused-ring (bicyclic) bond motifs is 1. The molecule has 0 aromatic rings. The number of hydrogen-bond acceptors (Lipinski definition) is 7. The molecular formula is C17H23ClO7. The highest BCUT2D eigenvalue weighted by atomic mass is 35.5. The Morgan fingerprint density at radius 2 is 2.12 bits per heavy atom. The summed E-state index contributed by atoms with van der Waals surface area (Å²) in [6.45, 7) is 8.93. The molecule has 6 unspecified atom stereocenters. The summed E-state index contributed by atoms with van der Waals surface area (Å²) in [4.78, 5) is 23.6. The first-order chi connectivity index (χ1) is 11.6. The molecule has 6 atom stereocenters. The van der Waals surface area contributed by atoms with Gasteiger partial charge in [-0.1, -0.05) is 20.4 Å². The molecule has 140 valence electrons. The molecule has 3 saturated heterocycles. The Kier molecular flexibility index (Phi) is 4.64. The van der Waals surface area contributed by atoms with Crippen LogP contribution in [0.5, 0.6) is 0 Å². The van der Waals surface area contributed by atoms with E-state index in [0.717, 1.165) is 0 Å². The second kappa shape index (κ2) is 6.23. The van der Waals surface area contributed by atoms with E-state index in [-0.39, 0.29) is 24.6 Å². The average molecular weight is 375 g/mol. The van der Waals surface area contributed by atoms with Gasteiger partial charge in [0.2, 0.25) is 6.29 Å². The van der Waals surface area contributed by atoms with Crippen molar-refractivity contribution in [1.29, 1.82) is 0 Å². The molecule has 3 heterocycles. The van der Waals surface area contributed by atoms with Crippen LogP contribution in [0.2, 0.25) is 0 Å². The minimum atomic E-state index is -1.45. The van der Waals surface area contributed by atoms with Gasteiger partial charge in [-0.05, 0) is 5.92 Å². The standard InChI is InChI=1S/C17H23ClO7/c1-8(2)5-12(20)23-15-13-16(21)6-11(22-10(4)19)17(13,7-18)25-14(24-15)9(16)3/h8,11,13-15,21H,3,5-7H2,1-2,4H3. The van der Waals surface area contributed by atoms with Gasteiger partial charge in [-0.25, -0.2) is 0 Å². The van der Waals surface area contributed by atoms with E-state index < -0.39 is 47.7 Å². The molecule has 0 radical (unpaired) electrons. The van der Waals surface area contributed by atoms with Crippen LogP contribution >= 0.6 is 11.6 Å².